The Morgan fingerprint density at radius 3 is 0.473 bits per heavy atom. The second-order valence-electron chi connectivity index (χ2n) is 40.8. The molecule has 93 heavy (non-hydrogen) atoms. The Bertz CT molecular complexity index is 1910. The number of hydrogen-bond donors (Lipinski definition) is 0. The van der Waals surface area contributed by atoms with E-state index in [0.717, 1.165) is 59.2 Å². The minimum atomic E-state index is 1.11. The highest BCUT2D eigenvalue weighted by Gasteiger charge is 2.60. The molecule has 0 aromatic heterocycles. The standard InChI is InChI=1S/C12H18.C12H22.2C11H20.C10H16.2C10H18.C9H14.C8H12/c1-2-8-5-7(1)11-9-3-4-10(6-9)12(8)11;1-2-6-12-9-3-7-11(5-1)8-4-10-12;1-4-10-6-2-7-11(5-1)9-3-8-10;1-2-5-11-7-3-6-10(4-1)8-9-11;1-2-9-7-4-5-8(6-7)10(9)3-1;1-3-9-5-2-6-10(4-1)8-7-9;1-2-4-10-7-5-9(3-1)6-8-10;1-2-7-5-6(1)8-3-4-9(7)8;1-2-6-3-5(1)7-4-8(6)7/h7-12H,1-6H2;11-12H,1-10H2;2*10-11H,1-9H2;7-10H,1-6H2;2*9-10H,1-8H2;6-9H,1-5H2;5-8H,1-4H2. The van der Waals surface area contributed by atoms with Crippen molar-refractivity contribution in [3.8, 4) is 0 Å². The summed E-state index contributed by atoms with van der Waals surface area (Å²) in [7, 11) is 0. The van der Waals surface area contributed by atoms with Crippen LogP contribution in [0.3, 0.4) is 0 Å². The van der Waals surface area contributed by atoms with E-state index in [9.17, 15) is 0 Å². The Labute approximate surface area is 579 Å². The minimum Gasteiger partial charge on any atom is -0.0530 e. The lowest BCUT2D eigenvalue weighted by Crippen LogP contribution is -2.31. The average Bonchev–Trinajstić information content (AvgIpc) is 1.59. The van der Waals surface area contributed by atoms with Crippen LogP contribution in [0, 0.1) is 166 Å². The van der Waals surface area contributed by atoms with E-state index in [1.165, 1.54) is 196 Å². The van der Waals surface area contributed by atoms with Crippen molar-refractivity contribution < 1.29 is 0 Å². The van der Waals surface area contributed by atoms with Crippen molar-refractivity contribution in [1.82, 2.24) is 0 Å². The number of rotatable bonds is 0. The second kappa shape index (κ2) is 34.3. The van der Waals surface area contributed by atoms with Crippen molar-refractivity contribution in [3.05, 3.63) is 0 Å². The quantitative estimate of drug-likeness (QED) is 0.212. The molecule has 26 aliphatic rings. The normalized spacial score (nSPS) is 49.3. The van der Waals surface area contributed by atoms with Gasteiger partial charge in [0.1, 0.15) is 0 Å². The highest BCUT2D eigenvalue weighted by Crippen LogP contribution is 2.68. The molecule has 530 valence electrons. The predicted molar refractivity (Wildman–Crippen MR) is 398 cm³/mol. The SMILES string of the molecule is C1CC2C3CCC(C3)C2C1.C1CC2CC1C1C3CCC(C3)C21.C1CC2CC1C1CC21.C1CC2CC1C1CCC21.C1CC2CCCC(C1)CC2.C1CC2CCCC(C1)CCC2.C1CCC2CCC(C1)CC2.C1CCC2CCCC(C1)CC2.C1CCC2CCCC(C1)CCC2. The minimum absolute atomic E-state index is 1.11. The van der Waals surface area contributed by atoms with E-state index >= 15 is 0 Å². The van der Waals surface area contributed by atoms with Crippen molar-refractivity contribution >= 4 is 0 Å². The zero-order chi connectivity index (χ0) is 62.1. The van der Waals surface area contributed by atoms with Gasteiger partial charge in [-0.15, -0.1) is 0 Å². The topological polar surface area (TPSA) is 0 Å². The molecule has 26 fully saturated rings. The van der Waals surface area contributed by atoms with Crippen LogP contribution in [-0.4, -0.2) is 0 Å². The van der Waals surface area contributed by atoms with Gasteiger partial charge in [-0.05, 0) is 294 Å². The molecular formula is C93H158. The first kappa shape index (κ1) is 68.8. The fraction of sp³-hybridized carbons (Fsp3) is 1.00. The Kier molecular flexibility index (Phi) is 25.4. The van der Waals surface area contributed by atoms with Gasteiger partial charge in [0.05, 0.1) is 0 Å². The van der Waals surface area contributed by atoms with Gasteiger partial charge >= 0.3 is 0 Å². The van der Waals surface area contributed by atoms with Crippen LogP contribution in [-0.2, 0) is 0 Å². The van der Waals surface area contributed by atoms with Gasteiger partial charge in [0.15, 0.2) is 0 Å². The molecule has 0 radical (unpaired) electrons. The molecular weight excluding hydrogens is 1120 g/mol. The van der Waals surface area contributed by atoms with Gasteiger partial charge in [-0.1, -0.05) is 289 Å². The summed E-state index contributed by atoms with van der Waals surface area (Å²) in [6.45, 7) is 0. The first-order chi connectivity index (χ1) is 46.0. The molecule has 18 unspecified atom stereocenters. The summed E-state index contributed by atoms with van der Waals surface area (Å²) in [5.74, 6) is 33.1. The molecule has 0 aliphatic heterocycles. The maximum absolute atomic E-state index is 1.64. The van der Waals surface area contributed by atoms with Crippen LogP contribution in [0.4, 0.5) is 0 Å². The zero-order valence-electron chi connectivity index (χ0n) is 62.1. The summed E-state index contributed by atoms with van der Waals surface area (Å²) in [5.41, 5.74) is 0. The zero-order valence-corrected chi connectivity index (χ0v) is 62.1. The second-order valence-corrected chi connectivity index (χ2v) is 40.8. The molecule has 0 amide bonds. The lowest BCUT2D eigenvalue weighted by atomic mass is 9.66. The molecule has 0 aromatic carbocycles. The van der Waals surface area contributed by atoms with Gasteiger partial charge in [-0.25, -0.2) is 0 Å². The van der Waals surface area contributed by atoms with E-state index in [2.05, 4.69) is 0 Å². The lowest BCUT2D eigenvalue weighted by molar-refractivity contribution is 0.103. The van der Waals surface area contributed by atoms with E-state index in [1.807, 2.05) is 0 Å². The van der Waals surface area contributed by atoms with Gasteiger partial charge < -0.3 is 0 Å². The Balaban J connectivity index is 0.0000000867. The van der Waals surface area contributed by atoms with Crippen molar-refractivity contribution in [2.75, 3.05) is 0 Å². The van der Waals surface area contributed by atoms with E-state index in [-0.39, 0.29) is 0 Å². The third kappa shape index (κ3) is 18.1. The van der Waals surface area contributed by atoms with Crippen LogP contribution >= 0.6 is 0 Å². The molecule has 0 nitrogen and oxygen atoms in total. The molecule has 0 aromatic rings. The van der Waals surface area contributed by atoms with Crippen LogP contribution in [0.1, 0.15) is 417 Å². The summed E-state index contributed by atoms with van der Waals surface area (Å²) in [6, 6.07) is 0. The summed E-state index contributed by atoms with van der Waals surface area (Å²) in [6.07, 6.45) is 102. The lowest BCUT2D eigenvalue weighted by Gasteiger charge is -2.40. The van der Waals surface area contributed by atoms with Gasteiger partial charge in [0.2, 0.25) is 0 Å². The monoisotopic (exact) mass is 1280 g/mol. The molecule has 20 bridgehead atoms. The first-order valence-corrected chi connectivity index (χ1v) is 46.0. The van der Waals surface area contributed by atoms with Gasteiger partial charge in [-0.2, -0.15) is 0 Å². The largest absolute Gasteiger partial charge is 0.0530 e. The van der Waals surface area contributed by atoms with E-state index in [1.54, 1.807) is 327 Å². The molecule has 26 aliphatic carbocycles. The highest BCUT2D eigenvalue weighted by atomic mass is 14.6. The van der Waals surface area contributed by atoms with Crippen LogP contribution in [0.25, 0.3) is 0 Å². The van der Waals surface area contributed by atoms with E-state index in [4.69, 9.17) is 0 Å². The smallest absolute Gasteiger partial charge is 0.0323 e. The molecule has 0 heteroatoms. The average molecular weight is 1280 g/mol. The maximum atomic E-state index is 1.64. The highest BCUT2D eigenvalue weighted by molar-refractivity contribution is 5.09. The summed E-state index contributed by atoms with van der Waals surface area (Å²) >= 11 is 0. The fourth-order valence-corrected chi connectivity index (χ4v) is 30.6. The molecule has 0 spiro atoms. The van der Waals surface area contributed by atoms with E-state index < -0.39 is 0 Å². The van der Waals surface area contributed by atoms with Crippen molar-refractivity contribution in [3.63, 3.8) is 0 Å². The molecule has 26 rings (SSSR count). The summed E-state index contributed by atoms with van der Waals surface area (Å²) in [4.78, 5) is 0. The fourth-order valence-electron chi connectivity index (χ4n) is 30.6. The van der Waals surface area contributed by atoms with Gasteiger partial charge in [0.25, 0.3) is 0 Å². The molecule has 18 atom stereocenters. The molecule has 26 saturated carbocycles. The first-order valence-electron chi connectivity index (χ1n) is 46.0. The Hall–Kier alpha value is 0. The number of fused-ring (bicyclic) bond motifs is 48. The van der Waals surface area contributed by atoms with Crippen molar-refractivity contribution in [2.24, 2.45) is 166 Å². The van der Waals surface area contributed by atoms with Crippen molar-refractivity contribution in [1.29, 1.82) is 0 Å². The van der Waals surface area contributed by atoms with Gasteiger partial charge in [-0.3, -0.25) is 0 Å². The molecule has 0 heterocycles. The van der Waals surface area contributed by atoms with E-state index in [0.29, 0.717) is 0 Å². The third-order valence-electron chi connectivity index (χ3n) is 35.9. The molecule has 0 N–H and O–H groups in total. The van der Waals surface area contributed by atoms with Crippen LogP contribution in [0.15, 0.2) is 0 Å². The van der Waals surface area contributed by atoms with Crippen LogP contribution in [0.2, 0.25) is 0 Å². The number of hydrogen-bond acceptors (Lipinski definition) is 0. The van der Waals surface area contributed by atoms with Crippen molar-refractivity contribution in [2.45, 2.75) is 417 Å². The maximum Gasteiger partial charge on any atom is -0.0323 e. The van der Waals surface area contributed by atoms with Crippen LogP contribution < -0.4 is 0 Å². The Morgan fingerprint density at radius 1 is 0.0968 bits per heavy atom. The Morgan fingerprint density at radius 2 is 0.258 bits per heavy atom. The molecule has 0 saturated heterocycles. The summed E-state index contributed by atoms with van der Waals surface area (Å²) < 4.78 is 0. The van der Waals surface area contributed by atoms with Gasteiger partial charge in [0, 0.05) is 0 Å². The third-order valence-corrected chi connectivity index (χ3v) is 35.9. The van der Waals surface area contributed by atoms with Crippen LogP contribution in [0.5, 0.6) is 0 Å². The summed E-state index contributed by atoms with van der Waals surface area (Å²) in [5, 5.41) is 0. The predicted octanol–water partition coefficient (Wildman–Crippen LogP) is 28.8.